The monoisotopic (exact) mass is 209 g/mol. The summed E-state index contributed by atoms with van der Waals surface area (Å²) >= 11 is 0. The van der Waals surface area contributed by atoms with Gasteiger partial charge in [0.15, 0.2) is 0 Å². The van der Waals surface area contributed by atoms with Gasteiger partial charge in [0.05, 0.1) is 0 Å². The van der Waals surface area contributed by atoms with E-state index in [1.165, 1.54) is 12.8 Å². The van der Waals surface area contributed by atoms with E-state index in [2.05, 4.69) is 25.7 Å². The molecule has 0 unspecified atom stereocenters. The van der Waals surface area contributed by atoms with E-state index in [9.17, 15) is 4.79 Å². The Morgan fingerprint density at radius 3 is 2.60 bits per heavy atom. The molecular weight excluding hydrogens is 186 g/mol. The molecule has 15 heavy (non-hydrogen) atoms. The third-order valence-electron chi connectivity index (χ3n) is 4.18. The number of carbonyl (C=O) groups excluding carboxylic acids is 1. The molecule has 2 nitrogen and oxygen atoms in total. The van der Waals surface area contributed by atoms with Crippen molar-refractivity contribution in [3.05, 3.63) is 0 Å². The number of piperidine rings is 1. The summed E-state index contributed by atoms with van der Waals surface area (Å²) in [6.07, 6.45) is 4.67. The lowest BCUT2D eigenvalue weighted by Gasteiger charge is -2.31. The van der Waals surface area contributed by atoms with Crippen LogP contribution in [0.25, 0.3) is 0 Å². The highest BCUT2D eigenvalue weighted by Gasteiger charge is 2.37. The second-order valence-corrected chi connectivity index (χ2v) is 6.25. The molecule has 0 aromatic heterocycles. The Balaban J connectivity index is 2.13. The van der Waals surface area contributed by atoms with Crippen LogP contribution >= 0.6 is 0 Å². The van der Waals surface area contributed by atoms with E-state index in [1.54, 1.807) is 0 Å². The third kappa shape index (κ3) is 2.19. The number of nitrogens with zero attached hydrogens (tertiary/aromatic N) is 1. The fourth-order valence-electron chi connectivity index (χ4n) is 3.02. The van der Waals surface area contributed by atoms with Crippen molar-refractivity contribution in [3.8, 4) is 0 Å². The normalized spacial score (nSPS) is 32.7. The second-order valence-electron chi connectivity index (χ2n) is 6.25. The van der Waals surface area contributed by atoms with Crippen molar-refractivity contribution in [3.63, 3.8) is 0 Å². The molecule has 0 aromatic carbocycles. The van der Waals surface area contributed by atoms with Crippen LogP contribution < -0.4 is 0 Å². The summed E-state index contributed by atoms with van der Waals surface area (Å²) in [5, 5.41) is 0. The molecule has 2 heteroatoms. The average molecular weight is 209 g/mol. The summed E-state index contributed by atoms with van der Waals surface area (Å²) in [5.74, 6) is 1.49. The molecule has 86 valence electrons. The molecule has 2 atom stereocenters. The highest BCUT2D eigenvalue weighted by molar-refractivity contribution is 5.79. The molecule has 2 rings (SSSR count). The van der Waals surface area contributed by atoms with Gasteiger partial charge in [0.2, 0.25) is 5.91 Å². The van der Waals surface area contributed by atoms with Crippen LogP contribution in [0, 0.1) is 17.3 Å². The smallest absolute Gasteiger partial charge is 0.225 e. The van der Waals surface area contributed by atoms with Crippen molar-refractivity contribution in [2.75, 3.05) is 13.1 Å². The number of carbonyl (C=O) groups is 1. The zero-order valence-corrected chi connectivity index (χ0v) is 10.3. The van der Waals surface area contributed by atoms with Crippen LogP contribution in [0.4, 0.5) is 0 Å². The molecule has 2 fully saturated rings. The van der Waals surface area contributed by atoms with Gasteiger partial charge in [-0.3, -0.25) is 4.79 Å². The largest absolute Gasteiger partial charge is 0.342 e. The first kappa shape index (κ1) is 11.0. The summed E-state index contributed by atoms with van der Waals surface area (Å²) in [5.41, 5.74) is 0.360. The van der Waals surface area contributed by atoms with Crippen molar-refractivity contribution >= 4 is 5.91 Å². The van der Waals surface area contributed by atoms with Gasteiger partial charge < -0.3 is 4.90 Å². The van der Waals surface area contributed by atoms with Gasteiger partial charge in [0, 0.05) is 19.0 Å². The third-order valence-corrected chi connectivity index (χ3v) is 4.18. The lowest BCUT2D eigenvalue weighted by molar-refractivity contribution is -0.137. The Labute approximate surface area is 93.0 Å². The highest BCUT2D eigenvalue weighted by atomic mass is 16.2. The molecule has 2 heterocycles. The van der Waals surface area contributed by atoms with Gasteiger partial charge in [-0.15, -0.1) is 0 Å². The second kappa shape index (κ2) is 3.80. The van der Waals surface area contributed by atoms with Crippen molar-refractivity contribution in [1.82, 2.24) is 4.90 Å². The fraction of sp³-hybridized carbons (Fsp3) is 0.923. The summed E-state index contributed by atoms with van der Waals surface area (Å²) in [4.78, 5) is 14.1. The van der Waals surface area contributed by atoms with Gasteiger partial charge in [-0.2, -0.15) is 0 Å². The van der Waals surface area contributed by atoms with Gasteiger partial charge >= 0.3 is 0 Å². The molecule has 0 aromatic rings. The fourth-order valence-corrected chi connectivity index (χ4v) is 3.02. The number of hydrogen-bond donors (Lipinski definition) is 0. The first-order valence-electron chi connectivity index (χ1n) is 6.27. The van der Waals surface area contributed by atoms with Gasteiger partial charge in [-0.1, -0.05) is 20.8 Å². The van der Waals surface area contributed by atoms with Crippen LogP contribution in [0.3, 0.4) is 0 Å². The Bertz CT molecular complexity index is 254. The van der Waals surface area contributed by atoms with Crippen LogP contribution in [0.2, 0.25) is 0 Å². The maximum absolute atomic E-state index is 12.0. The lowest BCUT2D eigenvalue weighted by Crippen LogP contribution is -2.39. The standard InChI is InChI=1S/C13H23NO/c1-13(2,3)11-6-8-14-7-4-5-10(9-11)12(14)15/h10-11H,4-9H2,1-3H3/t10-,11+/m1/s1. The number of hydrogen-bond acceptors (Lipinski definition) is 1. The van der Waals surface area contributed by atoms with Gasteiger partial charge in [0.25, 0.3) is 0 Å². The molecule has 2 bridgehead atoms. The van der Waals surface area contributed by atoms with Crippen molar-refractivity contribution in [1.29, 1.82) is 0 Å². The molecule has 1 amide bonds. The van der Waals surface area contributed by atoms with Gasteiger partial charge in [-0.05, 0) is 37.0 Å². The molecule has 2 aliphatic rings. The Morgan fingerprint density at radius 1 is 1.20 bits per heavy atom. The van der Waals surface area contributed by atoms with E-state index < -0.39 is 0 Å². The summed E-state index contributed by atoms with van der Waals surface area (Å²) in [6, 6.07) is 0. The van der Waals surface area contributed by atoms with E-state index in [4.69, 9.17) is 0 Å². The van der Waals surface area contributed by atoms with Crippen LogP contribution in [-0.2, 0) is 4.79 Å². The Kier molecular flexibility index (Phi) is 2.78. The van der Waals surface area contributed by atoms with Crippen molar-refractivity contribution in [2.24, 2.45) is 17.3 Å². The summed E-state index contributed by atoms with van der Waals surface area (Å²) in [7, 11) is 0. The van der Waals surface area contributed by atoms with E-state index in [0.717, 1.165) is 31.8 Å². The average Bonchev–Trinajstić information content (AvgIpc) is 2.26. The summed E-state index contributed by atoms with van der Waals surface area (Å²) in [6.45, 7) is 8.94. The minimum absolute atomic E-state index is 0.338. The number of amides is 1. The minimum Gasteiger partial charge on any atom is -0.342 e. The SMILES string of the molecule is CC(C)(C)[C@H]1CCN2CCC[C@H](C1)C2=O. The van der Waals surface area contributed by atoms with Crippen LogP contribution in [0.1, 0.15) is 46.5 Å². The molecule has 0 N–H and O–H groups in total. The van der Waals surface area contributed by atoms with E-state index in [0.29, 0.717) is 17.2 Å². The van der Waals surface area contributed by atoms with Gasteiger partial charge in [0.1, 0.15) is 0 Å². The first-order chi connectivity index (χ1) is 6.98. The topological polar surface area (TPSA) is 20.3 Å². The molecule has 0 saturated carbocycles. The Hall–Kier alpha value is -0.530. The van der Waals surface area contributed by atoms with E-state index >= 15 is 0 Å². The number of rotatable bonds is 0. The quantitative estimate of drug-likeness (QED) is 0.600. The maximum atomic E-state index is 12.0. The van der Waals surface area contributed by atoms with E-state index in [1.807, 2.05) is 0 Å². The molecular formula is C13H23NO. The van der Waals surface area contributed by atoms with E-state index in [-0.39, 0.29) is 0 Å². The molecule has 0 radical (unpaired) electrons. The summed E-state index contributed by atoms with van der Waals surface area (Å²) < 4.78 is 0. The minimum atomic E-state index is 0.338. The predicted octanol–water partition coefficient (Wildman–Crippen LogP) is 2.68. The molecule has 2 saturated heterocycles. The van der Waals surface area contributed by atoms with Crippen LogP contribution in [0.15, 0.2) is 0 Å². The first-order valence-corrected chi connectivity index (χ1v) is 6.27. The zero-order valence-electron chi connectivity index (χ0n) is 10.3. The molecule has 0 aliphatic carbocycles. The Morgan fingerprint density at radius 2 is 1.93 bits per heavy atom. The van der Waals surface area contributed by atoms with Crippen LogP contribution in [0.5, 0.6) is 0 Å². The van der Waals surface area contributed by atoms with Crippen LogP contribution in [-0.4, -0.2) is 23.9 Å². The highest BCUT2D eigenvalue weighted by Crippen LogP contribution is 2.39. The molecule has 0 spiro atoms. The molecule has 2 aliphatic heterocycles. The number of fused-ring (bicyclic) bond motifs is 2. The zero-order chi connectivity index (χ0) is 11.1. The van der Waals surface area contributed by atoms with Crippen molar-refractivity contribution < 1.29 is 4.79 Å². The lowest BCUT2D eigenvalue weighted by atomic mass is 9.74. The van der Waals surface area contributed by atoms with Crippen molar-refractivity contribution in [2.45, 2.75) is 46.5 Å². The predicted molar refractivity (Wildman–Crippen MR) is 61.5 cm³/mol. The maximum Gasteiger partial charge on any atom is 0.225 e. The van der Waals surface area contributed by atoms with Gasteiger partial charge in [-0.25, -0.2) is 0 Å².